The van der Waals surface area contributed by atoms with E-state index in [-0.39, 0.29) is 5.60 Å². The summed E-state index contributed by atoms with van der Waals surface area (Å²) in [5.41, 5.74) is 4.18. The van der Waals surface area contributed by atoms with Crippen molar-refractivity contribution < 1.29 is 14.2 Å². The van der Waals surface area contributed by atoms with Gasteiger partial charge < -0.3 is 14.2 Å². The number of allylic oxidation sites excluding steroid dienone is 3. The van der Waals surface area contributed by atoms with Gasteiger partial charge in [0.1, 0.15) is 29.5 Å². The topological polar surface area (TPSA) is 27.7 Å². The molecule has 1 aliphatic carbocycles. The van der Waals surface area contributed by atoms with Crippen LogP contribution in [0.3, 0.4) is 0 Å². The smallest absolute Gasteiger partial charge is 0.137 e. The number of ether oxygens (including phenoxy) is 3. The molecular formula is C23H26O3. The van der Waals surface area contributed by atoms with Crippen molar-refractivity contribution in [3.05, 3.63) is 58.4 Å². The first kappa shape index (κ1) is 17.0. The normalized spacial score (nSPS) is 22.8. The summed E-state index contributed by atoms with van der Waals surface area (Å²) < 4.78 is 18.1. The Bertz CT molecular complexity index is 852. The molecule has 0 saturated carbocycles. The van der Waals surface area contributed by atoms with Crippen LogP contribution in [0.1, 0.15) is 45.2 Å². The average molecular weight is 350 g/mol. The summed E-state index contributed by atoms with van der Waals surface area (Å²) in [5, 5.41) is 0. The molecule has 0 fully saturated rings. The van der Waals surface area contributed by atoms with Crippen LogP contribution in [0.4, 0.5) is 0 Å². The van der Waals surface area contributed by atoms with Gasteiger partial charge in [0, 0.05) is 16.7 Å². The molecule has 1 unspecified atom stereocenters. The lowest BCUT2D eigenvalue weighted by atomic mass is 9.90. The van der Waals surface area contributed by atoms with Gasteiger partial charge in [-0.15, -0.1) is 0 Å². The first-order valence-electron chi connectivity index (χ1n) is 9.41. The molecule has 0 aromatic heterocycles. The molecule has 3 heteroatoms. The van der Waals surface area contributed by atoms with Gasteiger partial charge in [0.15, 0.2) is 0 Å². The second-order valence-corrected chi connectivity index (χ2v) is 7.69. The van der Waals surface area contributed by atoms with Crippen molar-refractivity contribution in [2.75, 3.05) is 13.2 Å². The Morgan fingerprint density at radius 1 is 1.27 bits per heavy atom. The molecule has 3 nitrogen and oxygen atoms in total. The van der Waals surface area contributed by atoms with Crippen LogP contribution >= 0.6 is 0 Å². The van der Waals surface area contributed by atoms with Gasteiger partial charge >= 0.3 is 0 Å². The molecule has 136 valence electrons. The quantitative estimate of drug-likeness (QED) is 0.717. The summed E-state index contributed by atoms with van der Waals surface area (Å²) >= 11 is 0. The maximum absolute atomic E-state index is 6.19. The molecule has 0 saturated heterocycles. The lowest BCUT2D eigenvalue weighted by molar-refractivity contribution is 0.158. The highest BCUT2D eigenvalue weighted by atomic mass is 16.5. The van der Waals surface area contributed by atoms with E-state index >= 15 is 0 Å². The van der Waals surface area contributed by atoms with E-state index in [0.717, 1.165) is 34.8 Å². The maximum Gasteiger partial charge on any atom is 0.137 e. The molecule has 0 spiro atoms. The number of fused-ring (bicyclic) bond motifs is 3. The molecule has 0 bridgehead atoms. The van der Waals surface area contributed by atoms with E-state index in [1.165, 1.54) is 11.1 Å². The Morgan fingerprint density at radius 2 is 2.12 bits per heavy atom. The van der Waals surface area contributed by atoms with Crippen molar-refractivity contribution in [1.29, 1.82) is 0 Å². The zero-order valence-corrected chi connectivity index (χ0v) is 16.0. The van der Waals surface area contributed by atoms with Gasteiger partial charge in [-0.1, -0.05) is 13.0 Å². The van der Waals surface area contributed by atoms with Crippen LogP contribution < -0.4 is 9.47 Å². The highest BCUT2D eigenvalue weighted by molar-refractivity contribution is 5.77. The molecule has 1 aromatic rings. The summed E-state index contributed by atoms with van der Waals surface area (Å²) in [6.45, 7) is 9.58. The minimum absolute atomic E-state index is 0.280. The second-order valence-electron chi connectivity index (χ2n) is 7.69. The Morgan fingerprint density at radius 3 is 2.92 bits per heavy atom. The van der Waals surface area contributed by atoms with Crippen LogP contribution in [-0.2, 0) is 4.74 Å². The van der Waals surface area contributed by atoms with E-state index in [1.807, 2.05) is 13.0 Å². The molecule has 3 aliphatic rings. The van der Waals surface area contributed by atoms with Crippen molar-refractivity contribution in [2.45, 2.75) is 39.7 Å². The summed E-state index contributed by atoms with van der Waals surface area (Å²) in [4.78, 5) is 0. The van der Waals surface area contributed by atoms with Crippen molar-refractivity contribution in [3.63, 3.8) is 0 Å². The number of hydrogen-bond donors (Lipinski definition) is 0. The minimum atomic E-state index is -0.280. The van der Waals surface area contributed by atoms with Gasteiger partial charge in [0.25, 0.3) is 0 Å². The molecule has 4 rings (SSSR count). The van der Waals surface area contributed by atoms with Crippen LogP contribution in [-0.4, -0.2) is 18.8 Å². The zero-order valence-electron chi connectivity index (χ0n) is 16.0. The van der Waals surface area contributed by atoms with E-state index in [4.69, 9.17) is 14.2 Å². The van der Waals surface area contributed by atoms with Gasteiger partial charge in [-0.25, -0.2) is 0 Å². The fourth-order valence-corrected chi connectivity index (χ4v) is 3.65. The SMILES string of the molecule is CCOC1=CC(C)CC=C1C1=Cc2ccc3c(c2OC1)C=CC(C)(C)O3. The van der Waals surface area contributed by atoms with E-state index in [0.29, 0.717) is 19.1 Å². The molecule has 1 aromatic carbocycles. The van der Waals surface area contributed by atoms with Crippen molar-refractivity contribution in [2.24, 2.45) is 5.92 Å². The van der Waals surface area contributed by atoms with E-state index < -0.39 is 0 Å². The summed E-state index contributed by atoms with van der Waals surface area (Å²) in [5.74, 6) is 3.28. The third-order valence-electron chi connectivity index (χ3n) is 4.95. The van der Waals surface area contributed by atoms with E-state index in [9.17, 15) is 0 Å². The Labute approximate surface area is 155 Å². The summed E-state index contributed by atoms with van der Waals surface area (Å²) in [7, 11) is 0. The fourth-order valence-electron chi connectivity index (χ4n) is 3.65. The number of benzene rings is 1. The fraction of sp³-hybridized carbons (Fsp3) is 0.391. The lowest BCUT2D eigenvalue weighted by Gasteiger charge is -2.31. The minimum Gasteiger partial charge on any atom is -0.494 e. The predicted octanol–water partition coefficient (Wildman–Crippen LogP) is 5.53. The third-order valence-corrected chi connectivity index (χ3v) is 4.95. The number of hydrogen-bond acceptors (Lipinski definition) is 3. The monoisotopic (exact) mass is 350 g/mol. The van der Waals surface area contributed by atoms with Gasteiger partial charge in [-0.05, 0) is 69.5 Å². The maximum atomic E-state index is 6.19. The van der Waals surface area contributed by atoms with Crippen molar-refractivity contribution in [1.82, 2.24) is 0 Å². The van der Waals surface area contributed by atoms with Crippen molar-refractivity contribution in [3.8, 4) is 11.5 Å². The van der Waals surface area contributed by atoms with Gasteiger partial charge in [0.2, 0.25) is 0 Å². The molecule has 2 aliphatic heterocycles. The third kappa shape index (κ3) is 3.07. The zero-order chi connectivity index (χ0) is 18.3. The molecular weight excluding hydrogens is 324 g/mol. The van der Waals surface area contributed by atoms with Gasteiger partial charge in [-0.2, -0.15) is 0 Å². The van der Waals surface area contributed by atoms with E-state index in [2.05, 4.69) is 57.2 Å². The lowest BCUT2D eigenvalue weighted by Crippen LogP contribution is -2.27. The molecule has 0 amide bonds. The van der Waals surface area contributed by atoms with Crippen LogP contribution in [0.25, 0.3) is 12.2 Å². The van der Waals surface area contributed by atoms with Crippen LogP contribution in [0.2, 0.25) is 0 Å². The summed E-state index contributed by atoms with van der Waals surface area (Å²) in [6.07, 6.45) is 12.0. The largest absolute Gasteiger partial charge is 0.494 e. The first-order valence-corrected chi connectivity index (χ1v) is 9.41. The van der Waals surface area contributed by atoms with Crippen molar-refractivity contribution >= 4 is 12.2 Å². The van der Waals surface area contributed by atoms with Crippen LogP contribution in [0, 0.1) is 5.92 Å². The molecule has 26 heavy (non-hydrogen) atoms. The average Bonchev–Trinajstić information content (AvgIpc) is 2.60. The molecule has 1 atom stereocenters. The van der Waals surface area contributed by atoms with Gasteiger partial charge in [-0.3, -0.25) is 0 Å². The molecule has 0 N–H and O–H groups in total. The van der Waals surface area contributed by atoms with Crippen LogP contribution in [0.5, 0.6) is 11.5 Å². The Hall–Kier alpha value is -2.42. The predicted molar refractivity (Wildman–Crippen MR) is 105 cm³/mol. The standard InChI is InChI=1S/C23H26O3/c1-5-24-21-12-15(2)6-8-18(21)17-13-16-7-9-20-19(22(16)25-14-17)10-11-23(3,4)26-20/h7-13,15H,5-6,14H2,1-4H3. The Balaban J connectivity index is 1.70. The van der Waals surface area contributed by atoms with Gasteiger partial charge in [0.05, 0.1) is 12.2 Å². The molecule has 0 radical (unpaired) electrons. The van der Waals surface area contributed by atoms with Crippen LogP contribution in [0.15, 0.2) is 47.3 Å². The highest BCUT2D eigenvalue weighted by Gasteiger charge is 2.27. The first-order chi connectivity index (χ1) is 12.5. The second kappa shape index (κ2) is 6.39. The van der Waals surface area contributed by atoms with E-state index in [1.54, 1.807) is 0 Å². The summed E-state index contributed by atoms with van der Waals surface area (Å²) in [6, 6.07) is 4.12. The highest BCUT2D eigenvalue weighted by Crippen LogP contribution is 2.43. The Kier molecular flexibility index (Phi) is 4.18. The number of rotatable bonds is 3. The molecule has 2 heterocycles.